The molecule has 6 aromatic rings. The molecule has 2 amide bonds. The summed E-state index contributed by atoms with van der Waals surface area (Å²) in [7, 11) is 3.55. The number of aryl methyl sites for hydroxylation is 2. The molecule has 2 aliphatic heterocycles. The normalized spacial score (nSPS) is 15.7. The highest BCUT2D eigenvalue weighted by atomic mass is 35.5. The van der Waals surface area contributed by atoms with E-state index in [-0.39, 0.29) is 36.5 Å². The van der Waals surface area contributed by atoms with Crippen LogP contribution in [0.4, 0.5) is 17.4 Å². The number of carbonyl (C=O) groups excluding carboxylic acids is 5. The van der Waals surface area contributed by atoms with Crippen LogP contribution in [0.5, 0.6) is 5.75 Å². The lowest BCUT2D eigenvalue weighted by Crippen LogP contribution is -2.60. The van der Waals surface area contributed by atoms with Crippen molar-refractivity contribution in [3.8, 4) is 16.2 Å². The number of hydrogen-bond donors (Lipinski definition) is 4. The van der Waals surface area contributed by atoms with Gasteiger partial charge in [-0.1, -0.05) is 123 Å². The summed E-state index contributed by atoms with van der Waals surface area (Å²) in [6.45, 7) is 21.0. The van der Waals surface area contributed by atoms with Crippen molar-refractivity contribution in [1.29, 1.82) is 0 Å². The van der Waals surface area contributed by atoms with Crippen molar-refractivity contribution in [3.63, 3.8) is 0 Å². The Morgan fingerprint density at radius 2 is 1.61 bits per heavy atom. The molecule has 77 heavy (non-hydrogen) atoms. The van der Waals surface area contributed by atoms with E-state index in [1.807, 2.05) is 77.1 Å². The highest BCUT2D eigenvalue weighted by molar-refractivity contribution is 7.18. The molecule has 1 saturated carbocycles. The summed E-state index contributed by atoms with van der Waals surface area (Å²) in [6, 6.07) is 25.6. The summed E-state index contributed by atoms with van der Waals surface area (Å²) < 4.78 is 11.5. The minimum atomic E-state index is -0.767. The molecule has 3 aliphatic rings. The summed E-state index contributed by atoms with van der Waals surface area (Å²) in [6.07, 6.45) is 10.7. The second-order valence-corrected chi connectivity index (χ2v) is 20.8. The summed E-state index contributed by atoms with van der Waals surface area (Å²) in [4.78, 5) is 68.1. The van der Waals surface area contributed by atoms with Crippen LogP contribution in [0, 0.1) is 12.3 Å². The fourth-order valence-electron chi connectivity index (χ4n) is 10.2. The molecule has 3 fully saturated rings. The van der Waals surface area contributed by atoms with Gasteiger partial charge in [-0.25, -0.2) is 0 Å². The second kappa shape index (κ2) is 32.6. The van der Waals surface area contributed by atoms with Crippen LogP contribution in [-0.4, -0.2) is 98.4 Å². The third kappa shape index (κ3) is 16.5. The minimum Gasteiger partial charge on any atom is -0.483 e. The maximum absolute atomic E-state index is 12.8. The van der Waals surface area contributed by atoms with Crippen molar-refractivity contribution >= 4 is 93.4 Å². The molecule has 2 bridgehead atoms. The van der Waals surface area contributed by atoms with Gasteiger partial charge in [0.15, 0.2) is 23.9 Å². The molecule has 0 spiro atoms. The van der Waals surface area contributed by atoms with Gasteiger partial charge in [0, 0.05) is 56.9 Å². The first-order valence-electron chi connectivity index (χ1n) is 26.9. The van der Waals surface area contributed by atoms with Crippen molar-refractivity contribution in [3.05, 3.63) is 99.4 Å². The van der Waals surface area contributed by atoms with Gasteiger partial charge >= 0.3 is 0 Å². The Balaban J connectivity index is 0.000000380. The maximum atomic E-state index is 12.8. The van der Waals surface area contributed by atoms with E-state index in [0.29, 0.717) is 58.6 Å². The highest BCUT2D eigenvalue weighted by Gasteiger charge is 2.48. The number of piperidine rings is 1. The number of carbonyl (C=O) groups is 5. The maximum Gasteiger partial charge on any atom is 0.298 e. The zero-order valence-corrected chi connectivity index (χ0v) is 49.1. The van der Waals surface area contributed by atoms with Gasteiger partial charge in [-0.15, -0.1) is 11.3 Å². The standard InChI is InChI=1S/C33H36N4O4.C22H28ClNO3S.2C2H6.2CH4O/c1-4-21-10-13-30-27(15-21)35-33(41-30)37-23-16-22(17-24(37)18-23)25-11-12-28(31-20(2)7-5-8-26(25)31)36(19-39)29(9-6-14-38)32(40)34-3;1-5-7-17(13-22(2,3)4)24-16-9-6-8-15(12-16)21-19(23)20(27-11-10-25)18(14-26)28-21;4*1-2/h5,7-8,10-15,19,22-24,29H,4,6,9,16-18H2,1-3H3,(H,34,40);6,8-10,12,14,17,24H,5,7,11,13H2,1-4H3;2*1-2H3;2*2H,1H3. The van der Waals surface area contributed by atoms with E-state index in [9.17, 15) is 24.0 Å². The third-order valence-corrected chi connectivity index (χ3v) is 14.9. The molecule has 4 aromatic carbocycles. The molecule has 16 heteroatoms. The number of aldehydes is 3. The highest BCUT2D eigenvalue weighted by Crippen LogP contribution is 2.50. The molecule has 4 atom stereocenters. The number of halogens is 1. The summed E-state index contributed by atoms with van der Waals surface area (Å²) in [5.74, 6) is 0.347. The van der Waals surface area contributed by atoms with E-state index in [1.165, 1.54) is 27.4 Å². The van der Waals surface area contributed by atoms with Crippen LogP contribution in [0.3, 0.4) is 0 Å². The van der Waals surface area contributed by atoms with Gasteiger partial charge in [0.05, 0.1) is 10.6 Å². The van der Waals surface area contributed by atoms with Gasteiger partial charge in [0.2, 0.25) is 12.3 Å². The van der Waals surface area contributed by atoms with E-state index < -0.39 is 6.04 Å². The number of aliphatic hydroxyl groups is 2. The summed E-state index contributed by atoms with van der Waals surface area (Å²) in [5, 5.41) is 22.7. The molecule has 14 nitrogen and oxygen atoms in total. The first-order chi connectivity index (χ1) is 37.2. The monoisotopic (exact) mass is 1100 g/mol. The van der Waals surface area contributed by atoms with Crippen molar-refractivity contribution in [1.82, 2.24) is 10.3 Å². The van der Waals surface area contributed by atoms with E-state index in [2.05, 4.69) is 80.5 Å². The second-order valence-electron chi connectivity index (χ2n) is 19.3. The Kier molecular flexibility index (Phi) is 27.6. The van der Waals surface area contributed by atoms with E-state index in [1.54, 1.807) is 7.05 Å². The lowest BCUT2D eigenvalue weighted by Gasteiger charge is -2.54. The molecule has 2 saturated heterocycles. The van der Waals surface area contributed by atoms with E-state index in [0.717, 1.165) is 115 Å². The van der Waals surface area contributed by atoms with Crippen molar-refractivity contribution in [2.75, 3.05) is 43.0 Å². The van der Waals surface area contributed by atoms with Crippen LogP contribution in [0.2, 0.25) is 5.02 Å². The van der Waals surface area contributed by atoms with Crippen molar-refractivity contribution in [2.45, 2.75) is 157 Å². The lowest BCUT2D eigenvalue weighted by molar-refractivity contribution is -0.123. The number of nitrogens with zero attached hydrogens (tertiary/aromatic N) is 3. The molecule has 2 aromatic heterocycles. The molecule has 4 heterocycles. The minimum absolute atomic E-state index is 0.135. The number of aliphatic hydroxyl groups excluding tert-OH is 2. The first kappa shape index (κ1) is 65.2. The largest absolute Gasteiger partial charge is 0.483 e. The lowest BCUT2D eigenvalue weighted by atomic mass is 9.70. The number of ether oxygens (including phenoxy) is 1. The summed E-state index contributed by atoms with van der Waals surface area (Å²) >= 11 is 7.73. The van der Waals surface area contributed by atoms with Crippen LogP contribution in [0.15, 0.2) is 77.2 Å². The average Bonchev–Trinajstić information content (AvgIpc) is 4.04. The number of hydrogen-bond acceptors (Lipinski definition) is 13. The van der Waals surface area contributed by atoms with Crippen LogP contribution in [0.1, 0.15) is 146 Å². The van der Waals surface area contributed by atoms with Gasteiger partial charge in [0.25, 0.3) is 6.01 Å². The first-order valence-corrected chi connectivity index (χ1v) is 28.1. The van der Waals surface area contributed by atoms with Gasteiger partial charge in [0.1, 0.15) is 34.4 Å². The molecule has 1 aliphatic carbocycles. The molecule has 420 valence electrons. The van der Waals surface area contributed by atoms with Crippen molar-refractivity contribution in [2.24, 2.45) is 5.41 Å². The smallest absolute Gasteiger partial charge is 0.298 e. The SMILES string of the molecule is CC.CC.CCCC(CC(C)(C)C)Nc1cccc(-c2sc(C=O)c(OCC=O)c2Cl)c1.CCc1ccc2oc(N3C4CC(c5ccc(N(C=O)C(CCC=O)C(=O)NC)c6c(C)cccc56)CC3C4)nc2c1.CO.CO. The quantitative estimate of drug-likeness (QED) is 0.0530. The third-order valence-electron chi connectivity index (χ3n) is 13.3. The van der Waals surface area contributed by atoms with Crippen molar-refractivity contribution < 1.29 is 43.3 Å². The Labute approximate surface area is 465 Å². The zero-order chi connectivity index (χ0) is 57.4. The number of nitrogens with one attached hydrogen (secondary N) is 2. The zero-order valence-electron chi connectivity index (χ0n) is 47.6. The molecule has 9 rings (SSSR count). The van der Waals surface area contributed by atoms with Crippen LogP contribution < -0.4 is 25.2 Å². The van der Waals surface area contributed by atoms with Crippen LogP contribution in [-0.2, 0) is 25.6 Å². The van der Waals surface area contributed by atoms with Crippen LogP contribution >= 0.6 is 22.9 Å². The van der Waals surface area contributed by atoms with Gasteiger partial charge in [-0.2, -0.15) is 4.98 Å². The predicted octanol–water partition coefficient (Wildman–Crippen LogP) is 13.2. The molecular weight excluding hydrogens is 1010 g/mol. The van der Waals surface area contributed by atoms with E-state index in [4.69, 9.17) is 36.0 Å². The Morgan fingerprint density at radius 3 is 2.21 bits per heavy atom. The molecular formula is C61H84ClN5O9S. The number of thiophene rings is 1. The number of benzene rings is 4. The van der Waals surface area contributed by atoms with Gasteiger partial charge < -0.3 is 44.6 Å². The number of amides is 2. The molecule has 0 radical (unpaired) electrons. The Bertz CT molecular complexity index is 2790. The fraction of sp³-hybridized carbons (Fsp3) is 0.475. The number of likely N-dealkylation sites (N-methyl/N-ethyl adjacent to an activating group) is 1. The number of aromatic nitrogens is 1. The number of fused-ring (bicyclic) bond motifs is 4. The van der Waals surface area contributed by atoms with Gasteiger partial charge in [-0.3, -0.25) is 19.2 Å². The number of anilines is 3. The fourth-order valence-corrected chi connectivity index (χ4v) is 11.6. The van der Waals surface area contributed by atoms with Gasteiger partial charge in [-0.05, 0) is 121 Å². The van der Waals surface area contributed by atoms with E-state index >= 15 is 0 Å². The number of oxazole rings is 1. The predicted molar refractivity (Wildman–Crippen MR) is 317 cm³/mol. The summed E-state index contributed by atoms with van der Waals surface area (Å²) in [5.41, 5.74) is 8.18. The molecule has 4 N–H and O–H groups in total. The van der Waals surface area contributed by atoms with Crippen LogP contribution in [0.25, 0.3) is 32.3 Å². The molecule has 4 unspecified atom stereocenters. The Hall–Kier alpha value is -6.13. The average molecular weight is 1100 g/mol. The topological polar surface area (TPSA) is 192 Å². The Morgan fingerprint density at radius 1 is 0.922 bits per heavy atom. The number of rotatable bonds is 20.